The Balaban J connectivity index is 1.79. The fourth-order valence-electron chi connectivity index (χ4n) is 2.08. The van der Waals surface area contributed by atoms with Gasteiger partial charge >= 0.3 is 0 Å². The van der Waals surface area contributed by atoms with E-state index < -0.39 is 0 Å². The summed E-state index contributed by atoms with van der Waals surface area (Å²) >= 11 is 4.78. The molecule has 6 nitrogen and oxygen atoms in total. The van der Waals surface area contributed by atoms with Gasteiger partial charge in [0.1, 0.15) is 5.01 Å². The minimum atomic E-state index is -0.245. The highest BCUT2D eigenvalue weighted by Crippen LogP contribution is 2.23. The van der Waals surface area contributed by atoms with Crippen molar-refractivity contribution in [2.45, 2.75) is 40.0 Å². The summed E-state index contributed by atoms with van der Waals surface area (Å²) in [5, 5.41) is 14.9. The van der Waals surface area contributed by atoms with E-state index in [1.54, 1.807) is 0 Å². The molecule has 0 bridgehead atoms. The minimum Gasteiger partial charge on any atom is -0.325 e. The van der Waals surface area contributed by atoms with E-state index in [1.165, 1.54) is 11.3 Å². The normalized spacial score (nSPS) is 10.8. The maximum Gasteiger partial charge on any atom is 0.226 e. The zero-order valence-electron chi connectivity index (χ0n) is 14.4. The SMILES string of the molecule is Cc1ccc(NC(=O)CCC(=O)Nc2nnc(CC(C)C)s2)c(Br)c1. The molecule has 1 heterocycles. The van der Waals surface area contributed by atoms with Gasteiger partial charge in [-0.05, 0) is 46.5 Å². The second-order valence-corrected chi connectivity index (χ2v) is 8.09. The van der Waals surface area contributed by atoms with Crippen molar-refractivity contribution in [3.63, 3.8) is 0 Å². The summed E-state index contributed by atoms with van der Waals surface area (Å²) in [6.07, 6.45) is 1.03. The van der Waals surface area contributed by atoms with Crippen LogP contribution in [-0.4, -0.2) is 22.0 Å². The van der Waals surface area contributed by atoms with Gasteiger partial charge in [0.25, 0.3) is 0 Å². The summed E-state index contributed by atoms with van der Waals surface area (Å²) in [5.41, 5.74) is 1.79. The molecule has 0 fully saturated rings. The number of amides is 2. The monoisotopic (exact) mass is 424 g/mol. The summed E-state index contributed by atoms with van der Waals surface area (Å²) in [7, 11) is 0. The second-order valence-electron chi connectivity index (χ2n) is 6.18. The number of aryl methyl sites for hydroxylation is 1. The lowest BCUT2D eigenvalue weighted by atomic mass is 10.1. The highest BCUT2D eigenvalue weighted by atomic mass is 79.9. The van der Waals surface area contributed by atoms with Crippen LogP contribution in [0.15, 0.2) is 22.7 Å². The van der Waals surface area contributed by atoms with E-state index in [1.807, 2.05) is 25.1 Å². The molecule has 0 unspecified atom stereocenters. The van der Waals surface area contributed by atoms with E-state index in [9.17, 15) is 9.59 Å². The van der Waals surface area contributed by atoms with Crippen LogP contribution in [0.25, 0.3) is 0 Å². The van der Waals surface area contributed by atoms with E-state index in [2.05, 4.69) is 50.6 Å². The molecule has 0 aliphatic rings. The van der Waals surface area contributed by atoms with Crippen molar-refractivity contribution >= 4 is 49.9 Å². The summed E-state index contributed by atoms with van der Waals surface area (Å²) in [4.78, 5) is 23.9. The van der Waals surface area contributed by atoms with Gasteiger partial charge in [0.2, 0.25) is 16.9 Å². The van der Waals surface area contributed by atoms with E-state index in [4.69, 9.17) is 0 Å². The van der Waals surface area contributed by atoms with Crippen LogP contribution in [0.1, 0.15) is 37.3 Å². The third kappa shape index (κ3) is 6.55. The van der Waals surface area contributed by atoms with Crippen molar-refractivity contribution in [2.24, 2.45) is 5.92 Å². The molecule has 8 heteroatoms. The zero-order chi connectivity index (χ0) is 18.4. The topological polar surface area (TPSA) is 84.0 Å². The number of aromatic nitrogens is 2. The molecule has 0 aliphatic carbocycles. The lowest BCUT2D eigenvalue weighted by molar-refractivity contribution is -0.121. The summed E-state index contributed by atoms with van der Waals surface area (Å²) in [6, 6.07) is 5.67. The Kier molecular flexibility index (Phi) is 7.07. The first-order chi connectivity index (χ1) is 11.8. The van der Waals surface area contributed by atoms with Crippen molar-refractivity contribution in [1.29, 1.82) is 0 Å². The number of benzene rings is 1. The van der Waals surface area contributed by atoms with Gasteiger partial charge in [0.15, 0.2) is 0 Å². The molecule has 0 atom stereocenters. The molecule has 25 heavy (non-hydrogen) atoms. The molecular formula is C17H21BrN4O2S. The van der Waals surface area contributed by atoms with Crippen molar-refractivity contribution in [3.8, 4) is 0 Å². The molecule has 2 aromatic rings. The number of carbonyl (C=O) groups excluding carboxylic acids is 2. The Morgan fingerprint density at radius 3 is 2.48 bits per heavy atom. The lowest BCUT2D eigenvalue weighted by Crippen LogP contribution is -2.17. The average Bonchev–Trinajstić information content (AvgIpc) is 2.94. The molecule has 0 saturated carbocycles. The summed E-state index contributed by atoms with van der Waals surface area (Å²) in [5.74, 6) is 0.0316. The molecule has 1 aromatic carbocycles. The second kappa shape index (κ2) is 9.05. The number of halogens is 1. The summed E-state index contributed by atoms with van der Waals surface area (Å²) in [6.45, 7) is 6.18. The molecule has 0 radical (unpaired) electrons. The van der Waals surface area contributed by atoms with Gasteiger partial charge in [-0.25, -0.2) is 0 Å². The van der Waals surface area contributed by atoms with E-state index in [0.717, 1.165) is 21.5 Å². The quantitative estimate of drug-likeness (QED) is 0.698. The summed E-state index contributed by atoms with van der Waals surface area (Å²) < 4.78 is 0.817. The van der Waals surface area contributed by atoms with Gasteiger partial charge in [-0.15, -0.1) is 10.2 Å². The van der Waals surface area contributed by atoms with E-state index in [0.29, 0.717) is 16.7 Å². The number of hydrogen-bond donors (Lipinski definition) is 2. The predicted octanol–water partition coefficient (Wildman–Crippen LogP) is 4.16. The Labute approximate surface area is 159 Å². The number of nitrogens with one attached hydrogen (secondary N) is 2. The Morgan fingerprint density at radius 1 is 1.16 bits per heavy atom. The number of anilines is 2. The molecule has 0 aliphatic heterocycles. The highest BCUT2D eigenvalue weighted by Gasteiger charge is 2.12. The molecule has 2 amide bonds. The van der Waals surface area contributed by atoms with E-state index >= 15 is 0 Å². The largest absolute Gasteiger partial charge is 0.325 e. The number of carbonyl (C=O) groups is 2. The smallest absolute Gasteiger partial charge is 0.226 e. The van der Waals surface area contributed by atoms with Crippen LogP contribution in [0, 0.1) is 12.8 Å². The molecule has 2 rings (SSSR count). The Bertz CT molecular complexity index is 761. The van der Waals surface area contributed by atoms with Gasteiger partial charge in [-0.2, -0.15) is 0 Å². The highest BCUT2D eigenvalue weighted by molar-refractivity contribution is 9.10. The molecule has 0 spiro atoms. The van der Waals surface area contributed by atoms with Crippen LogP contribution in [0.3, 0.4) is 0 Å². The van der Waals surface area contributed by atoms with Crippen LogP contribution < -0.4 is 10.6 Å². The Hall–Kier alpha value is -1.80. The van der Waals surface area contributed by atoms with Gasteiger partial charge in [0, 0.05) is 23.7 Å². The van der Waals surface area contributed by atoms with Gasteiger partial charge in [-0.1, -0.05) is 31.3 Å². The average molecular weight is 425 g/mol. The van der Waals surface area contributed by atoms with Crippen molar-refractivity contribution in [1.82, 2.24) is 10.2 Å². The van der Waals surface area contributed by atoms with Crippen LogP contribution in [0.5, 0.6) is 0 Å². The van der Waals surface area contributed by atoms with Crippen molar-refractivity contribution in [2.75, 3.05) is 10.6 Å². The fraction of sp³-hybridized carbons (Fsp3) is 0.412. The first-order valence-electron chi connectivity index (χ1n) is 8.01. The minimum absolute atomic E-state index is 0.0917. The van der Waals surface area contributed by atoms with Gasteiger partial charge in [-0.3, -0.25) is 9.59 Å². The zero-order valence-corrected chi connectivity index (χ0v) is 16.8. The van der Waals surface area contributed by atoms with Crippen molar-refractivity contribution in [3.05, 3.63) is 33.2 Å². The number of nitrogens with zero attached hydrogens (tertiary/aromatic N) is 2. The van der Waals surface area contributed by atoms with Gasteiger partial charge in [0.05, 0.1) is 5.69 Å². The predicted molar refractivity (Wildman–Crippen MR) is 104 cm³/mol. The fourth-order valence-corrected chi connectivity index (χ4v) is 3.64. The molecule has 1 aromatic heterocycles. The van der Waals surface area contributed by atoms with Crippen LogP contribution >= 0.6 is 27.3 Å². The molecule has 2 N–H and O–H groups in total. The maximum absolute atomic E-state index is 12.0. The standard InChI is InChI=1S/C17H21BrN4O2S/c1-10(2)8-16-21-22-17(25-16)20-15(24)7-6-14(23)19-13-5-4-11(3)9-12(13)18/h4-5,9-10H,6-8H2,1-3H3,(H,19,23)(H,20,22,24). The third-order valence-electron chi connectivity index (χ3n) is 3.27. The lowest BCUT2D eigenvalue weighted by Gasteiger charge is -2.08. The van der Waals surface area contributed by atoms with Crippen LogP contribution in [0.4, 0.5) is 10.8 Å². The number of rotatable bonds is 7. The van der Waals surface area contributed by atoms with Crippen LogP contribution in [-0.2, 0) is 16.0 Å². The Morgan fingerprint density at radius 2 is 1.84 bits per heavy atom. The maximum atomic E-state index is 12.0. The van der Waals surface area contributed by atoms with E-state index in [-0.39, 0.29) is 24.7 Å². The van der Waals surface area contributed by atoms with Gasteiger partial charge < -0.3 is 10.6 Å². The molecular weight excluding hydrogens is 404 g/mol. The third-order valence-corrected chi connectivity index (χ3v) is 4.79. The number of hydrogen-bond acceptors (Lipinski definition) is 5. The van der Waals surface area contributed by atoms with Crippen molar-refractivity contribution < 1.29 is 9.59 Å². The first-order valence-corrected chi connectivity index (χ1v) is 9.62. The molecule has 134 valence electrons. The first kappa shape index (κ1) is 19.5. The molecule has 0 saturated heterocycles. The van der Waals surface area contributed by atoms with Crippen LogP contribution in [0.2, 0.25) is 0 Å².